The van der Waals surface area contributed by atoms with Crippen molar-refractivity contribution < 1.29 is 18.0 Å². The molecule has 2 rings (SSSR count). The van der Waals surface area contributed by atoms with E-state index in [1.165, 1.54) is 6.92 Å². The predicted molar refractivity (Wildman–Crippen MR) is 99.5 cm³/mol. The number of carbonyl (C=O) groups excluding carboxylic acids is 1. The zero-order valence-corrected chi connectivity index (χ0v) is 16.0. The molecule has 0 N–H and O–H groups in total. The summed E-state index contributed by atoms with van der Waals surface area (Å²) >= 11 is 0. The first-order valence-corrected chi connectivity index (χ1v) is 8.64. The Kier molecular flexibility index (Phi) is 6.59. The standard InChI is InChI=1S/C20H24F3N3O/c1-14-12-17(20(21,22)23)13-18(24-14)15-6-8-16(9-7-15)19(27)26(4)11-5-10-25(2)3/h6-9,12-13H,5,10-11H2,1-4H3. The van der Waals surface area contributed by atoms with Gasteiger partial charge in [-0.2, -0.15) is 13.2 Å². The number of amides is 1. The highest BCUT2D eigenvalue weighted by atomic mass is 19.4. The highest BCUT2D eigenvalue weighted by molar-refractivity contribution is 5.94. The Labute approximate surface area is 157 Å². The summed E-state index contributed by atoms with van der Waals surface area (Å²) in [6, 6.07) is 8.54. The van der Waals surface area contributed by atoms with Crippen molar-refractivity contribution >= 4 is 5.91 Å². The van der Waals surface area contributed by atoms with Crippen LogP contribution in [0.15, 0.2) is 36.4 Å². The number of hydrogen-bond donors (Lipinski definition) is 0. The Morgan fingerprint density at radius 3 is 2.22 bits per heavy atom. The van der Waals surface area contributed by atoms with E-state index in [9.17, 15) is 18.0 Å². The number of alkyl halides is 3. The molecule has 0 fully saturated rings. The van der Waals surface area contributed by atoms with Crippen LogP contribution in [0.1, 0.15) is 28.0 Å². The lowest BCUT2D eigenvalue weighted by Gasteiger charge is -2.18. The fourth-order valence-electron chi connectivity index (χ4n) is 2.71. The number of aryl methyl sites for hydroxylation is 1. The van der Waals surface area contributed by atoms with Crippen LogP contribution in [-0.2, 0) is 6.18 Å². The van der Waals surface area contributed by atoms with E-state index in [0.717, 1.165) is 25.1 Å². The molecule has 146 valence electrons. The number of nitrogens with zero attached hydrogens (tertiary/aromatic N) is 3. The molecule has 0 bridgehead atoms. The summed E-state index contributed by atoms with van der Waals surface area (Å²) < 4.78 is 39.0. The molecule has 27 heavy (non-hydrogen) atoms. The summed E-state index contributed by atoms with van der Waals surface area (Å²) in [4.78, 5) is 20.3. The minimum atomic E-state index is -4.42. The predicted octanol–water partition coefficient (Wildman–Crippen LogP) is 4.10. The zero-order chi connectivity index (χ0) is 20.2. The molecular formula is C20H24F3N3O. The summed E-state index contributed by atoms with van der Waals surface area (Å²) in [6.07, 6.45) is -3.56. The number of hydrogen-bond acceptors (Lipinski definition) is 3. The van der Waals surface area contributed by atoms with Gasteiger partial charge in [0.25, 0.3) is 5.91 Å². The lowest BCUT2D eigenvalue weighted by Crippen LogP contribution is -2.29. The molecule has 2 aromatic rings. The van der Waals surface area contributed by atoms with Crippen molar-refractivity contribution in [3.8, 4) is 11.3 Å². The maximum Gasteiger partial charge on any atom is 0.416 e. The van der Waals surface area contributed by atoms with Gasteiger partial charge >= 0.3 is 6.18 Å². The molecule has 0 radical (unpaired) electrons. The minimum Gasteiger partial charge on any atom is -0.342 e. The van der Waals surface area contributed by atoms with Crippen molar-refractivity contribution in [1.82, 2.24) is 14.8 Å². The van der Waals surface area contributed by atoms with E-state index in [4.69, 9.17) is 0 Å². The molecule has 0 unspecified atom stereocenters. The third kappa shape index (κ3) is 5.79. The Bertz CT molecular complexity index is 786. The maximum absolute atomic E-state index is 13.0. The van der Waals surface area contributed by atoms with E-state index in [1.807, 2.05) is 14.1 Å². The molecule has 0 aliphatic heterocycles. The number of halogens is 3. The molecule has 0 saturated heterocycles. The molecule has 1 heterocycles. The van der Waals surface area contributed by atoms with Crippen LogP contribution in [0, 0.1) is 6.92 Å². The van der Waals surface area contributed by atoms with E-state index in [-0.39, 0.29) is 11.6 Å². The molecular weight excluding hydrogens is 355 g/mol. The van der Waals surface area contributed by atoms with Gasteiger partial charge in [-0.25, -0.2) is 0 Å². The van der Waals surface area contributed by atoms with Crippen LogP contribution in [0.25, 0.3) is 11.3 Å². The average Bonchev–Trinajstić information content (AvgIpc) is 2.59. The number of pyridine rings is 1. The highest BCUT2D eigenvalue weighted by Crippen LogP contribution is 2.32. The summed E-state index contributed by atoms with van der Waals surface area (Å²) in [5, 5.41) is 0. The second-order valence-corrected chi connectivity index (χ2v) is 6.84. The molecule has 0 aliphatic rings. The normalized spacial score (nSPS) is 11.7. The summed E-state index contributed by atoms with van der Waals surface area (Å²) in [5.41, 5.74) is 0.831. The maximum atomic E-state index is 13.0. The first-order chi connectivity index (χ1) is 12.6. The van der Waals surface area contributed by atoms with Crippen LogP contribution in [0.2, 0.25) is 0 Å². The Morgan fingerprint density at radius 1 is 1.04 bits per heavy atom. The van der Waals surface area contributed by atoms with Gasteiger partial charge in [-0.15, -0.1) is 0 Å². The number of carbonyl (C=O) groups is 1. The lowest BCUT2D eigenvalue weighted by molar-refractivity contribution is -0.137. The van der Waals surface area contributed by atoms with E-state index in [2.05, 4.69) is 9.88 Å². The first kappa shape index (κ1) is 20.9. The molecule has 4 nitrogen and oxygen atoms in total. The lowest BCUT2D eigenvalue weighted by atomic mass is 10.1. The smallest absolute Gasteiger partial charge is 0.342 e. The minimum absolute atomic E-state index is 0.117. The van der Waals surface area contributed by atoms with E-state index in [1.54, 1.807) is 36.2 Å². The van der Waals surface area contributed by atoms with Crippen LogP contribution < -0.4 is 0 Å². The summed E-state index contributed by atoms with van der Waals surface area (Å²) in [7, 11) is 5.69. The molecule has 1 amide bonds. The molecule has 7 heteroatoms. The van der Waals surface area contributed by atoms with Crippen molar-refractivity contribution in [2.45, 2.75) is 19.5 Å². The van der Waals surface area contributed by atoms with Crippen LogP contribution in [-0.4, -0.2) is 54.9 Å². The largest absolute Gasteiger partial charge is 0.416 e. The van der Waals surface area contributed by atoms with Crippen LogP contribution in [0.5, 0.6) is 0 Å². The first-order valence-electron chi connectivity index (χ1n) is 8.64. The Hall–Kier alpha value is -2.41. The van der Waals surface area contributed by atoms with Gasteiger partial charge in [0.15, 0.2) is 0 Å². The monoisotopic (exact) mass is 379 g/mol. The van der Waals surface area contributed by atoms with Crippen molar-refractivity contribution in [3.63, 3.8) is 0 Å². The van der Waals surface area contributed by atoms with Gasteiger partial charge in [-0.05, 0) is 58.3 Å². The third-order valence-corrected chi connectivity index (χ3v) is 4.15. The van der Waals surface area contributed by atoms with Crippen molar-refractivity contribution in [2.75, 3.05) is 34.2 Å². The van der Waals surface area contributed by atoms with Crippen molar-refractivity contribution in [3.05, 3.63) is 53.2 Å². The highest BCUT2D eigenvalue weighted by Gasteiger charge is 2.31. The van der Waals surface area contributed by atoms with Gasteiger partial charge < -0.3 is 9.80 Å². The second kappa shape index (κ2) is 8.52. The fraction of sp³-hybridized carbons (Fsp3) is 0.400. The zero-order valence-electron chi connectivity index (χ0n) is 16.0. The van der Waals surface area contributed by atoms with Gasteiger partial charge in [-0.3, -0.25) is 9.78 Å². The quantitative estimate of drug-likeness (QED) is 0.758. The van der Waals surface area contributed by atoms with Gasteiger partial charge in [0.1, 0.15) is 0 Å². The Morgan fingerprint density at radius 2 is 1.67 bits per heavy atom. The molecule has 1 aromatic heterocycles. The average molecular weight is 379 g/mol. The summed E-state index contributed by atoms with van der Waals surface area (Å²) in [5.74, 6) is -0.117. The van der Waals surface area contributed by atoms with Gasteiger partial charge in [0.2, 0.25) is 0 Å². The van der Waals surface area contributed by atoms with E-state index in [0.29, 0.717) is 23.4 Å². The molecule has 0 spiro atoms. The van der Waals surface area contributed by atoms with Gasteiger partial charge in [-0.1, -0.05) is 12.1 Å². The molecule has 1 aromatic carbocycles. The van der Waals surface area contributed by atoms with Crippen molar-refractivity contribution in [1.29, 1.82) is 0 Å². The SMILES string of the molecule is Cc1cc(C(F)(F)F)cc(-c2ccc(C(=O)N(C)CCCN(C)C)cc2)n1. The number of rotatable bonds is 6. The van der Waals surface area contributed by atoms with E-state index >= 15 is 0 Å². The van der Waals surface area contributed by atoms with E-state index < -0.39 is 11.7 Å². The molecule has 0 aliphatic carbocycles. The topological polar surface area (TPSA) is 36.4 Å². The fourth-order valence-corrected chi connectivity index (χ4v) is 2.71. The van der Waals surface area contributed by atoms with Crippen molar-refractivity contribution in [2.24, 2.45) is 0 Å². The molecule has 0 saturated carbocycles. The van der Waals surface area contributed by atoms with Crippen LogP contribution >= 0.6 is 0 Å². The number of aromatic nitrogens is 1. The van der Waals surface area contributed by atoms with Crippen LogP contribution in [0.4, 0.5) is 13.2 Å². The second-order valence-electron chi connectivity index (χ2n) is 6.84. The summed E-state index contributed by atoms with van der Waals surface area (Å²) in [6.45, 7) is 3.05. The third-order valence-electron chi connectivity index (χ3n) is 4.15. The Balaban J connectivity index is 2.15. The van der Waals surface area contributed by atoms with Gasteiger partial charge in [0.05, 0.1) is 11.3 Å². The van der Waals surface area contributed by atoms with Crippen LogP contribution in [0.3, 0.4) is 0 Å². The number of benzene rings is 1. The molecule has 0 atom stereocenters. The van der Waals surface area contributed by atoms with Gasteiger partial charge in [0, 0.05) is 30.4 Å².